The number of carbonyl (C=O) groups excluding carboxylic acids is 2. The van der Waals surface area contributed by atoms with Crippen LogP contribution in [0.1, 0.15) is 20.7 Å². The molecule has 2 aromatic carbocycles. The Morgan fingerprint density at radius 3 is 2.20 bits per heavy atom. The predicted octanol–water partition coefficient (Wildman–Crippen LogP) is 1.91. The molecule has 1 N–H and O–H groups in total. The summed E-state index contributed by atoms with van der Waals surface area (Å²) < 4.78 is 5.54. The van der Waals surface area contributed by atoms with Crippen LogP contribution in [0.5, 0.6) is 5.75 Å². The SMILES string of the molecule is COc1cc(N2C(=O)c3ccccc3C2=O)ccc1N1CCNCC1. The van der Waals surface area contributed by atoms with E-state index in [0.717, 1.165) is 31.9 Å². The molecule has 0 spiro atoms. The number of benzene rings is 2. The van der Waals surface area contributed by atoms with Gasteiger partial charge in [-0.05, 0) is 24.3 Å². The number of anilines is 2. The van der Waals surface area contributed by atoms with Gasteiger partial charge in [0, 0.05) is 32.2 Å². The average Bonchev–Trinajstić information content (AvgIpc) is 2.93. The highest BCUT2D eigenvalue weighted by Gasteiger charge is 2.36. The quantitative estimate of drug-likeness (QED) is 0.867. The standard InChI is InChI=1S/C19H19N3O3/c1-25-17-12-13(6-7-16(17)21-10-8-20-9-11-21)22-18(23)14-4-2-3-5-15(14)19(22)24/h2-7,12,20H,8-11H2,1H3. The van der Waals surface area contributed by atoms with Crippen molar-refractivity contribution < 1.29 is 14.3 Å². The lowest BCUT2D eigenvalue weighted by molar-refractivity contribution is 0.0926. The molecule has 0 saturated carbocycles. The van der Waals surface area contributed by atoms with Crippen LogP contribution < -0.4 is 19.9 Å². The number of nitrogens with one attached hydrogen (secondary N) is 1. The first kappa shape index (κ1) is 15.7. The Morgan fingerprint density at radius 1 is 0.960 bits per heavy atom. The van der Waals surface area contributed by atoms with Gasteiger partial charge in [-0.15, -0.1) is 0 Å². The minimum atomic E-state index is -0.294. The van der Waals surface area contributed by atoms with E-state index in [2.05, 4.69) is 10.2 Å². The van der Waals surface area contributed by atoms with Crippen LogP contribution in [0.25, 0.3) is 0 Å². The molecule has 0 aromatic heterocycles. The molecule has 2 aromatic rings. The lowest BCUT2D eigenvalue weighted by atomic mass is 10.1. The second-order valence-corrected chi connectivity index (χ2v) is 6.08. The van der Waals surface area contributed by atoms with Crippen molar-refractivity contribution in [3.8, 4) is 5.75 Å². The molecular formula is C19H19N3O3. The Kier molecular flexibility index (Phi) is 3.89. The summed E-state index contributed by atoms with van der Waals surface area (Å²) in [5.41, 5.74) is 2.39. The second-order valence-electron chi connectivity index (χ2n) is 6.08. The molecule has 0 atom stereocenters. The summed E-state index contributed by atoms with van der Waals surface area (Å²) in [6, 6.07) is 12.4. The molecule has 128 valence electrons. The fourth-order valence-corrected chi connectivity index (χ4v) is 3.40. The summed E-state index contributed by atoms with van der Waals surface area (Å²) in [4.78, 5) is 28.7. The molecule has 6 heteroatoms. The van der Waals surface area contributed by atoms with E-state index in [-0.39, 0.29) is 11.8 Å². The Labute approximate surface area is 146 Å². The number of fused-ring (bicyclic) bond motifs is 1. The van der Waals surface area contributed by atoms with Crippen molar-refractivity contribution in [1.82, 2.24) is 5.32 Å². The van der Waals surface area contributed by atoms with Crippen LogP contribution in [0.4, 0.5) is 11.4 Å². The molecule has 2 heterocycles. The maximum Gasteiger partial charge on any atom is 0.266 e. The molecular weight excluding hydrogens is 318 g/mol. The first-order chi connectivity index (χ1) is 12.2. The molecule has 0 aliphatic carbocycles. The van der Waals surface area contributed by atoms with E-state index in [1.165, 1.54) is 4.90 Å². The Hall–Kier alpha value is -2.86. The number of carbonyl (C=O) groups is 2. The molecule has 1 fully saturated rings. The van der Waals surface area contributed by atoms with Crippen LogP contribution in [0.15, 0.2) is 42.5 Å². The molecule has 0 radical (unpaired) electrons. The summed E-state index contributed by atoms with van der Waals surface area (Å²) in [7, 11) is 1.60. The summed E-state index contributed by atoms with van der Waals surface area (Å²) in [5, 5.41) is 3.32. The van der Waals surface area contributed by atoms with E-state index in [1.807, 2.05) is 12.1 Å². The predicted molar refractivity (Wildman–Crippen MR) is 95.7 cm³/mol. The maximum absolute atomic E-state index is 12.6. The molecule has 2 aliphatic heterocycles. The lowest BCUT2D eigenvalue weighted by Crippen LogP contribution is -2.43. The number of hydrogen-bond acceptors (Lipinski definition) is 5. The maximum atomic E-state index is 12.6. The van der Waals surface area contributed by atoms with Crippen LogP contribution in [0.2, 0.25) is 0 Å². The van der Waals surface area contributed by atoms with Gasteiger partial charge in [-0.25, -0.2) is 4.90 Å². The zero-order chi connectivity index (χ0) is 17.4. The number of piperazine rings is 1. The summed E-state index contributed by atoms with van der Waals surface area (Å²) in [6.07, 6.45) is 0. The van der Waals surface area contributed by atoms with E-state index in [1.54, 1.807) is 37.4 Å². The number of ether oxygens (including phenoxy) is 1. The third kappa shape index (κ3) is 2.55. The molecule has 2 aliphatic rings. The van der Waals surface area contributed by atoms with E-state index in [9.17, 15) is 9.59 Å². The van der Waals surface area contributed by atoms with Crippen LogP contribution in [-0.2, 0) is 0 Å². The smallest absolute Gasteiger partial charge is 0.266 e. The topological polar surface area (TPSA) is 61.9 Å². The van der Waals surface area contributed by atoms with E-state index >= 15 is 0 Å². The number of nitrogens with zero attached hydrogens (tertiary/aromatic N) is 2. The number of methoxy groups -OCH3 is 1. The molecule has 2 amide bonds. The summed E-state index contributed by atoms with van der Waals surface area (Å²) in [6.45, 7) is 3.62. The Morgan fingerprint density at radius 2 is 1.60 bits per heavy atom. The highest BCUT2D eigenvalue weighted by atomic mass is 16.5. The monoisotopic (exact) mass is 337 g/mol. The average molecular weight is 337 g/mol. The van der Waals surface area contributed by atoms with Crippen molar-refractivity contribution in [3.05, 3.63) is 53.6 Å². The molecule has 0 bridgehead atoms. The number of imide groups is 1. The van der Waals surface area contributed by atoms with Crippen molar-refractivity contribution in [2.45, 2.75) is 0 Å². The van der Waals surface area contributed by atoms with Gasteiger partial charge in [0.1, 0.15) is 5.75 Å². The second kappa shape index (κ2) is 6.22. The van der Waals surface area contributed by atoms with Gasteiger partial charge in [-0.3, -0.25) is 9.59 Å². The summed E-state index contributed by atoms with van der Waals surface area (Å²) >= 11 is 0. The van der Waals surface area contributed by atoms with Gasteiger partial charge >= 0.3 is 0 Å². The highest BCUT2D eigenvalue weighted by Crippen LogP contribution is 2.36. The van der Waals surface area contributed by atoms with Gasteiger partial charge in [-0.1, -0.05) is 12.1 Å². The lowest BCUT2D eigenvalue weighted by Gasteiger charge is -2.31. The molecule has 4 rings (SSSR count). The fraction of sp³-hybridized carbons (Fsp3) is 0.263. The minimum absolute atomic E-state index is 0.294. The van der Waals surface area contributed by atoms with Gasteiger partial charge in [0.05, 0.1) is 29.6 Å². The first-order valence-corrected chi connectivity index (χ1v) is 8.32. The third-order valence-electron chi connectivity index (χ3n) is 4.67. The van der Waals surface area contributed by atoms with Crippen LogP contribution in [-0.4, -0.2) is 45.1 Å². The Balaban J connectivity index is 1.70. The molecule has 1 saturated heterocycles. The fourth-order valence-electron chi connectivity index (χ4n) is 3.40. The van der Waals surface area contributed by atoms with Gasteiger partial charge in [-0.2, -0.15) is 0 Å². The van der Waals surface area contributed by atoms with Crippen molar-refractivity contribution in [2.75, 3.05) is 43.1 Å². The highest BCUT2D eigenvalue weighted by molar-refractivity contribution is 6.34. The van der Waals surface area contributed by atoms with E-state index in [0.29, 0.717) is 22.6 Å². The Bertz CT molecular complexity index is 809. The summed E-state index contributed by atoms with van der Waals surface area (Å²) in [5.74, 6) is 0.0751. The largest absolute Gasteiger partial charge is 0.495 e. The molecule has 25 heavy (non-hydrogen) atoms. The van der Waals surface area contributed by atoms with Gasteiger partial charge < -0.3 is 15.0 Å². The van der Waals surface area contributed by atoms with Crippen molar-refractivity contribution in [3.63, 3.8) is 0 Å². The number of rotatable bonds is 3. The third-order valence-corrected chi connectivity index (χ3v) is 4.67. The van der Waals surface area contributed by atoms with E-state index < -0.39 is 0 Å². The van der Waals surface area contributed by atoms with Crippen molar-refractivity contribution >= 4 is 23.2 Å². The van der Waals surface area contributed by atoms with Gasteiger partial charge in [0.15, 0.2) is 0 Å². The van der Waals surface area contributed by atoms with Gasteiger partial charge in [0.25, 0.3) is 11.8 Å². The first-order valence-electron chi connectivity index (χ1n) is 8.32. The number of amides is 2. The molecule has 6 nitrogen and oxygen atoms in total. The molecule has 0 unspecified atom stereocenters. The normalized spacial score (nSPS) is 17.0. The van der Waals surface area contributed by atoms with Crippen LogP contribution >= 0.6 is 0 Å². The van der Waals surface area contributed by atoms with Crippen LogP contribution in [0, 0.1) is 0 Å². The van der Waals surface area contributed by atoms with E-state index in [4.69, 9.17) is 4.74 Å². The number of hydrogen-bond donors (Lipinski definition) is 1. The van der Waals surface area contributed by atoms with Crippen molar-refractivity contribution in [1.29, 1.82) is 0 Å². The minimum Gasteiger partial charge on any atom is -0.495 e. The van der Waals surface area contributed by atoms with Crippen LogP contribution in [0.3, 0.4) is 0 Å². The zero-order valence-electron chi connectivity index (χ0n) is 14.0. The van der Waals surface area contributed by atoms with Crippen molar-refractivity contribution in [2.24, 2.45) is 0 Å². The van der Waals surface area contributed by atoms with Gasteiger partial charge in [0.2, 0.25) is 0 Å². The zero-order valence-corrected chi connectivity index (χ0v) is 14.0.